The Balaban J connectivity index is 1.81. The van der Waals surface area contributed by atoms with Crippen molar-refractivity contribution in [3.8, 4) is 11.5 Å². The lowest BCUT2D eigenvalue weighted by molar-refractivity contribution is -0.124. The Morgan fingerprint density at radius 3 is 2.70 bits per heavy atom. The van der Waals surface area contributed by atoms with Crippen molar-refractivity contribution in [2.24, 2.45) is 0 Å². The van der Waals surface area contributed by atoms with Crippen LogP contribution in [-0.4, -0.2) is 57.7 Å². The molecular weight excluding hydrogens is 320 g/mol. The van der Waals surface area contributed by atoms with Crippen LogP contribution in [0.2, 0.25) is 0 Å². The molecule has 1 saturated heterocycles. The zero-order valence-corrected chi connectivity index (χ0v) is 14.1. The van der Waals surface area contributed by atoms with E-state index < -0.39 is 16.1 Å². The Morgan fingerprint density at radius 1 is 1.35 bits per heavy atom. The SMILES string of the molecule is COc1ccccc1OCCNC(=O)[C@H]1CCCN1S(C)(=O)=O. The molecule has 2 rings (SSSR count). The smallest absolute Gasteiger partial charge is 0.238 e. The van der Waals surface area contributed by atoms with Crippen molar-refractivity contribution in [3.63, 3.8) is 0 Å². The Bertz CT molecular complexity index is 647. The molecule has 0 radical (unpaired) electrons. The molecule has 1 aliphatic heterocycles. The molecule has 1 fully saturated rings. The number of benzene rings is 1. The van der Waals surface area contributed by atoms with Crippen LogP contribution in [0.3, 0.4) is 0 Å². The molecule has 0 saturated carbocycles. The van der Waals surface area contributed by atoms with Gasteiger partial charge in [-0.3, -0.25) is 4.79 Å². The van der Waals surface area contributed by atoms with Gasteiger partial charge in [0.05, 0.1) is 19.9 Å². The summed E-state index contributed by atoms with van der Waals surface area (Å²) in [4.78, 5) is 12.1. The largest absolute Gasteiger partial charge is 0.493 e. The average Bonchev–Trinajstić information content (AvgIpc) is 3.01. The molecule has 128 valence electrons. The minimum Gasteiger partial charge on any atom is -0.493 e. The molecular formula is C15H22N2O5S. The molecule has 8 heteroatoms. The highest BCUT2D eigenvalue weighted by Crippen LogP contribution is 2.25. The highest BCUT2D eigenvalue weighted by Gasteiger charge is 2.36. The van der Waals surface area contributed by atoms with E-state index in [1.54, 1.807) is 19.2 Å². The number of sulfonamides is 1. The van der Waals surface area contributed by atoms with Gasteiger partial charge < -0.3 is 14.8 Å². The molecule has 1 aliphatic rings. The zero-order valence-electron chi connectivity index (χ0n) is 13.3. The lowest BCUT2D eigenvalue weighted by atomic mass is 10.2. The summed E-state index contributed by atoms with van der Waals surface area (Å²) < 4.78 is 35.3. The van der Waals surface area contributed by atoms with Crippen LogP contribution in [0.5, 0.6) is 11.5 Å². The summed E-state index contributed by atoms with van der Waals surface area (Å²) in [7, 11) is -1.80. The van der Waals surface area contributed by atoms with Gasteiger partial charge in [-0.05, 0) is 25.0 Å². The first kappa shape index (κ1) is 17.6. The maximum atomic E-state index is 12.1. The van der Waals surface area contributed by atoms with E-state index in [2.05, 4.69) is 5.32 Å². The van der Waals surface area contributed by atoms with Crippen LogP contribution in [0, 0.1) is 0 Å². The monoisotopic (exact) mass is 342 g/mol. The van der Waals surface area contributed by atoms with Gasteiger partial charge in [-0.1, -0.05) is 12.1 Å². The third-order valence-electron chi connectivity index (χ3n) is 3.66. The third kappa shape index (κ3) is 4.59. The molecule has 0 unspecified atom stereocenters. The molecule has 1 aromatic rings. The Hall–Kier alpha value is -1.80. The standard InChI is InChI=1S/C15H22N2O5S/c1-21-13-7-3-4-8-14(13)22-11-9-16-15(18)12-6-5-10-17(12)23(2,19)20/h3-4,7-8,12H,5-6,9-11H2,1-2H3,(H,16,18)/t12-/m1/s1. The average molecular weight is 342 g/mol. The number of methoxy groups -OCH3 is 1. The fraction of sp³-hybridized carbons (Fsp3) is 0.533. The van der Waals surface area contributed by atoms with E-state index in [1.807, 2.05) is 12.1 Å². The van der Waals surface area contributed by atoms with Crippen molar-refractivity contribution in [1.29, 1.82) is 0 Å². The molecule has 1 amide bonds. The maximum absolute atomic E-state index is 12.1. The maximum Gasteiger partial charge on any atom is 0.238 e. The van der Waals surface area contributed by atoms with Gasteiger partial charge in [0.1, 0.15) is 12.6 Å². The van der Waals surface area contributed by atoms with Crippen molar-refractivity contribution in [3.05, 3.63) is 24.3 Å². The Kier molecular flexibility index (Phi) is 5.84. The highest BCUT2D eigenvalue weighted by atomic mass is 32.2. The number of nitrogens with one attached hydrogen (secondary N) is 1. The summed E-state index contributed by atoms with van der Waals surface area (Å²) in [5.74, 6) is 0.942. The fourth-order valence-corrected chi connectivity index (χ4v) is 3.71. The van der Waals surface area contributed by atoms with Crippen LogP contribution < -0.4 is 14.8 Å². The minimum absolute atomic E-state index is 0.276. The second-order valence-electron chi connectivity index (χ2n) is 5.32. The summed E-state index contributed by atoms with van der Waals surface area (Å²) in [6.07, 6.45) is 2.37. The Labute approximate surface area is 136 Å². The Morgan fingerprint density at radius 2 is 2.04 bits per heavy atom. The van der Waals surface area contributed by atoms with Crippen LogP contribution in [0.1, 0.15) is 12.8 Å². The molecule has 1 atom stereocenters. The fourth-order valence-electron chi connectivity index (χ4n) is 2.59. The highest BCUT2D eigenvalue weighted by molar-refractivity contribution is 7.88. The first-order valence-electron chi connectivity index (χ1n) is 7.44. The number of amides is 1. The van der Waals surface area contributed by atoms with Gasteiger partial charge in [0, 0.05) is 6.54 Å². The molecule has 1 N–H and O–H groups in total. The summed E-state index contributed by atoms with van der Waals surface area (Å²) in [6, 6.07) is 6.63. The van der Waals surface area contributed by atoms with Crippen LogP contribution in [0.15, 0.2) is 24.3 Å². The second-order valence-corrected chi connectivity index (χ2v) is 7.26. The number of nitrogens with zero attached hydrogens (tertiary/aromatic N) is 1. The van der Waals surface area contributed by atoms with Crippen LogP contribution >= 0.6 is 0 Å². The van der Waals surface area contributed by atoms with Crippen LogP contribution in [-0.2, 0) is 14.8 Å². The molecule has 1 heterocycles. The quantitative estimate of drug-likeness (QED) is 0.734. The van der Waals surface area contributed by atoms with Crippen LogP contribution in [0.4, 0.5) is 0 Å². The number of hydrogen-bond donors (Lipinski definition) is 1. The topological polar surface area (TPSA) is 84.9 Å². The normalized spacial score (nSPS) is 18.6. The van der Waals surface area contributed by atoms with Crippen molar-refractivity contribution in [2.75, 3.05) is 33.1 Å². The van der Waals surface area contributed by atoms with E-state index in [-0.39, 0.29) is 12.5 Å². The van der Waals surface area contributed by atoms with Crippen molar-refractivity contribution in [1.82, 2.24) is 9.62 Å². The van der Waals surface area contributed by atoms with E-state index in [0.29, 0.717) is 37.4 Å². The predicted molar refractivity (Wildman–Crippen MR) is 86.1 cm³/mol. The van der Waals surface area contributed by atoms with E-state index >= 15 is 0 Å². The van der Waals surface area contributed by atoms with Gasteiger partial charge in [-0.2, -0.15) is 4.31 Å². The van der Waals surface area contributed by atoms with Gasteiger partial charge in [0.25, 0.3) is 0 Å². The number of rotatable bonds is 7. The van der Waals surface area contributed by atoms with E-state index in [1.165, 1.54) is 4.31 Å². The third-order valence-corrected chi connectivity index (χ3v) is 4.95. The molecule has 0 spiro atoms. The number of hydrogen-bond acceptors (Lipinski definition) is 5. The molecule has 1 aromatic carbocycles. The predicted octanol–water partition coefficient (Wildman–Crippen LogP) is 0.614. The lowest BCUT2D eigenvalue weighted by Gasteiger charge is -2.21. The van der Waals surface area contributed by atoms with Gasteiger partial charge in [0.15, 0.2) is 11.5 Å². The van der Waals surface area contributed by atoms with E-state index in [4.69, 9.17) is 9.47 Å². The molecule has 0 aromatic heterocycles. The minimum atomic E-state index is -3.35. The van der Waals surface area contributed by atoms with Crippen molar-refractivity contribution >= 4 is 15.9 Å². The van der Waals surface area contributed by atoms with Gasteiger partial charge in [0.2, 0.25) is 15.9 Å². The second kappa shape index (κ2) is 7.65. The number of ether oxygens (including phenoxy) is 2. The van der Waals surface area contributed by atoms with Crippen molar-refractivity contribution < 1.29 is 22.7 Å². The molecule has 0 aliphatic carbocycles. The molecule has 23 heavy (non-hydrogen) atoms. The summed E-state index contributed by atoms with van der Waals surface area (Å²) in [5, 5.41) is 2.72. The van der Waals surface area contributed by atoms with E-state index in [0.717, 1.165) is 6.26 Å². The summed E-state index contributed by atoms with van der Waals surface area (Å²) in [5.41, 5.74) is 0. The zero-order chi connectivity index (χ0) is 16.9. The first-order valence-corrected chi connectivity index (χ1v) is 9.28. The summed E-state index contributed by atoms with van der Waals surface area (Å²) >= 11 is 0. The van der Waals surface area contributed by atoms with Gasteiger partial charge in [-0.25, -0.2) is 8.42 Å². The molecule has 0 bridgehead atoms. The van der Waals surface area contributed by atoms with Crippen molar-refractivity contribution in [2.45, 2.75) is 18.9 Å². The number of carbonyl (C=O) groups excluding carboxylic acids is 1. The van der Waals surface area contributed by atoms with Gasteiger partial charge >= 0.3 is 0 Å². The van der Waals surface area contributed by atoms with Gasteiger partial charge in [-0.15, -0.1) is 0 Å². The molecule has 7 nitrogen and oxygen atoms in total. The summed E-state index contributed by atoms with van der Waals surface area (Å²) in [6.45, 7) is 0.970. The lowest BCUT2D eigenvalue weighted by Crippen LogP contribution is -2.46. The number of para-hydroxylation sites is 2. The number of carbonyl (C=O) groups is 1. The van der Waals surface area contributed by atoms with E-state index in [9.17, 15) is 13.2 Å². The van der Waals surface area contributed by atoms with Crippen LogP contribution in [0.25, 0.3) is 0 Å². The first-order chi connectivity index (χ1) is 10.9.